The Bertz CT molecular complexity index is 1070. The Hall–Kier alpha value is -2.86. The van der Waals surface area contributed by atoms with Crippen molar-refractivity contribution in [1.82, 2.24) is 4.72 Å². The van der Waals surface area contributed by atoms with Gasteiger partial charge in [-0.05, 0) is 53.4 Å². The smallest absolute Gasteiger partial charge is 0.322 e. The normalized spacial score (nSPS) is 23.6. The molecule has 3 unspecified atom stereocenters. The number of hydrogen-bond acceptors (Lipinski definition) is 7. The number of guanidine groups is 1. The second kappa shape index (κ2) is 10.4. The van der Waals surface area contributed by atoms with Gasteiger partial charge in [0.05, 0.1) is 12.4 Å². The number of ketones is 1. The number of sulfonamides is 1. The number of carbonyl (C=O) groups is 2. The lowest BCUT2D eigenvalue weighted by molar-refractivity contribution is -0.138. The van der Waals surface area contributed by atoms with Crippen molar-refractivity contribution < 1.29 is 32.7 Å². The average Bonchev–Trinajstić information content (AvgIpc) is 3.10. The summed E-state index contributed by atoms with van der Waals surface area (Å²) in [6.45, 7) is 4.52. The molecule has 12 heteroatoms. The number of aliphatic carboxylic acids is 1. The standard InChI is InChI=1S/C23H34N4O7S/c1-22(2)16-8-9-23(22,19(28)13-16)14-35(31,32)27-18(20(29)30)12-15-4-6-17(7-5-15)33-10-3-11-34-26-21(24)25/h4-7,16,18,27H,3,8-14H2,1-2H3,(H,29,30)(H4,24,25,26). The van der Waals surface area contributed by atoms with Crippen LogP contribution in [0.1, 0.15) is 45.1 Å². The molecule has 2 bridgehead atoms. The van der Waals surface area contributed by atoms with Gasteiger partial charge >= 0.3 is 5.97 Å². The molecule has 0 amide bonds. The Morgan fingerprint density at radius 3 is 2.49 bits per heavy atom. The van der Waals surface area contributed by atoms with E-state index in [-0.39, 0.29) is 36.4 Å². The lowest BCUT2D eigenvalue weighted by Crippen LogP contribution is -2.49. The van der Waals surface area contributed by atoms with E-state index in [0.29, 0.717) is 37.2 Å². The molecule has 2 aliphatic carbocycles. The summed E-state index contributed by atoms with van der Waals surface area (Å²) in [5, 5.41) is 13.1. The molecule has 1 aromatic carbocycles. The SMILES string of the molecule is CC1(C)C2CCC1(CS(=O)(=O)NC(Cc1ccc(OCCCON=C(N)N)cc1)C(=O)O)C(=O)C2. The first kappa shape index (κ1) is 26.7. The Morgan fingerprint density at radius 1 is 1.26 bits per heavy atom. The number of benzene rings is 1. The molecule has 3 atom stereocenters. The van der Waals surface area contributed by atoms with E-state index in [0.717, 1.165) is 6.42 Å². The van der Waals surface area contributed by atoms with Gasteiger partial charge < -0.3 is 26.1 Å². The maximum Gasteiger partial charge on any atom is 0.322 e. The van der Waals surface area contributed by atoms with Crippen molar-refractivity contribution in [2.24, 2.45) is 33.4 Å². The number of carboxylic acids is 1. The summed E-state index contributed by atoms with van der Waals surface area (Å²) in [5.74, 6) is -1.12. The van der Waals surface area contributed by atoms with Crippen LogP contribution in [-0.2, 0) is 30.9 Å². The number of nitrogens with zero attached hydrogens (tertiary/aromatic N) is 1. The summed E-state index contributed by atoms with van der Waals surface area (Å²) >= 11 is 0. The Balaban J connectivity index is 1.57. The molecule has 2 fully saturated rings. The van der Waals surface area contributed by atoms with E-state index in [1.807, 2.05) is 13.8 Å². The minimum Gasteiger partial charge on any atom is -0.493 e. The van der Waals surface area contributed by atoms with Crippen molar-refractivity contribution in [3.63, 3.8) is 0 Å². The van der Waals surface area contributed by atoms with Crippen LogP contribution in [0.5, 0.6) is 5.75 Å². The number of carbonyl (C=O) groups excluding carboxylic acids is 1. The zero-order valence-electron chi connectivity index (χ0n) is 20.0. The second-order valence-corrected chi connectivity index (χ2v) is 11.6. The van der Waals surface area contributed by atoms with E-state index in [2.05, 4.69) is 9.88 Å². The van der Waals surface area contributed by atoms with Gasteiger partial charge in [0.15, 0.2) is 0 Å². The lowest BCUT2D eigenvalue weighted by atomic mass is 9.70. The molecule has 35 heavy (non-hydrogen) atoms. The van der Waals surface area contributed by atoms with Gasteiger partial charge in [0.1, 0.15) is 24.2 Å². The summed E-state index contributed by atoms with van der Waals surface area (Å²) in [5.41, 5.74) is 9.54. The topological polar surface area (TPSA) is 183 Å². The number of nitrogens with one attached hydrogen (secondary N) is 1. The molecule has 194 valence electrons. The minimum absolute atomic E-state index is 0.0330. The number of Topliss-reactive ketones (excluding diaryl/α,β-unsaturated/α-hetero) is 1. The van der Waals surface area contributed by atoms with E-state index in [9.17, 15) is 23.1 Å². The summed E-state index contributed by atoms with van der Waals surface area (Å²) in [4.78, 5) is 29.4. The molecule has 0 heterocycles. The minimum atomic E-state index is -4.02. The molecular formula is C23H34N4O7S. The zero-order chi connectivity index (χ0) is 25.9. The quantitative estimate of drug-likeness (QED) is 0.130. The average molecular weight is 511 g/mol. The van der Waals surface area contributed by atoms with E-state index in [1.165, 1.54) is 0 Å². The van der Waals surface area contributed by atoms with Crippen LogP contribution in [0.15, 0.2) is 29.4 Å². The highest BCUT2D eigenvalue weighted by Crippen LogP contribution is 2.64. The molecule has 0 aliphatic heterocycles. The van der Waals surface area contributed by atoms with Crippen LogP contribution in [0.2, 0.25) is 0 Å². The molecule has 0 saturated heterocycles. The maximum absolute atomic E-state index is 13.0. The highest BCUT2D eigenvalue weighted by molar-refractivity contribution is 7.89. The summed E-state index contributed by atoms with van der Waals surface area (Å²) in [6, 6.07) is 5.36. The fourth-order valence-corrected chi connectivity index (χ4v) is 7.29. The number of ether oxygens (including phenoxy) is 1. The van der Waals surface area contributed by atoms with Crippen molar-refractivity contribution in [3.8, 4) is 5.75 Å². The van der Waals surface area contributed by atoms with Gasteiger partial charge in [-0.25, -0.2) is 13.1 Å². The van der Waals surface area contributed by atoms with Crippen LogP contribution in [0.4, 0.5) is 0 Å². The number of oxime groups is 1. The molecule has 2 saturated carbocycles. The van der Waals surface area contributed by atoms with Crippen molar-refractivity contribution >= 4 is 27.7 Å². The van der Waals surface area contributed by atoms with Gasteiger partial charge in [0.2, 0.25) is 16.0 Å². The highest BCUT2D eigenvalue weighted by atomic mass is 32.2. The summed E-state index contributed by atoms with van der Waals surface area (Å²) < 4.78 is 33.9. The Labute approximate surface area is 205 Å². The van der Waals surface area contributed by atoms with Gasteiger partial charge in [-0.2, -0.15) is 0 Å². The van der Waals surface area contributed by atoms with E-state index in [1.54, 1.807) is 24.3 Å². The third-order valence-corrected chi connectivity index (χ3v) is 8.89. The molecule has 11 nitrogen and oxygen atoms in total. The first-order chi connectivity index (χ1) is 16.4. The molecule has 2 aliphatic rings. The van der Waals surface area contributed by atoms with Gasteiger partial charge in [-0.1, -0.05) is 26.0 Å². The van der Waals surface area contributed by atoms with Gasteiger partial charge in [-0.15, -0.1) is 0 Å². The fraction of sp³-hybridized carbons (Fsp3) is 0.609. The van der Waals surface area contributed by atoms with Crippen molar-refractivity contribution in [3.05, 3.63) is 29.8 Å². The lowest BCUT2D eigenvalue weighted by Gasteiger charge is -2.36. The van der Waals surface area contributed by atoms with E-state index >= 15 is 0 Å². The van der Waals surface area contributed by atoms with Gasteiger partial charge in [-0.3, -0.25) is 9.59 Å². The van der Waals surface area contributed by atoms with Crippen LogP contribution in [0.25, 0.3) is 0 Å². The van der Waals surface area contributed by atoms with Crippen LogP contribution >= 0.6 is 0 Å². The molecular weight excluding hydrogens is 476 g/mol. The van der Waals surface area contributed by atoms with Crippen molar-refractivity contribution in [1.29, 1.82) is 0 Å². The molecule has 3 rings (SSSR count). The Morgan fingerprint density at radius 2 is 1.94 bits per heavy atom. The zero-order valence-corrected chi connectivity index (χ0v) is 20.8. The largest absolute Gasteiger partial charge is 0.493 e. The Kier molecular flexibility index (Phi) is 7.95. The van der Waals surface area contributed by atoms with Crippen LogP contribution < -0.4 is 20.9 Å². The number of hydrogen-bond donors (Lipinski definition) is 4. The first-order valence-corrected chi connectivity index (χ1v) is 13.2. The number of nitrogens with two attached hydrogens (primary N) is 2. The summed E-state index contributed by atoms with van der Waals surface area (Å²) in [7, 11) is -4.02. The van der Waals surface area contributed by atoms with E-state index in [4.69, 9.17) is 21.0 Å². The monoisotopic (exact) mass is 510 g/mol. The van der Waals surface area contributed by atoms with Gasteiger partial charge in [0.25, 0.3) is 0 Å². The van der Waals surface area contributed by atoms with E-state index < -0.39 is 32.9 Å². The van der Waals surface area contributed by atoms with Crippen LogP contribution in [-0.4, -0.2) is 56.2 Å². The van der Waals surface area contributed by atoms with Crippen LogP contribution in [0, 0.1) is 16.7 Å². The number of rotatable bonds is 13. The number of fused-ring (bicyclic) bond motifs is 2. The molecule has 0 aromatic heterocycles. The second-order valence-electron chi connectivity index (χ2n) is 9.83. The third-order valence-electron chi connectivity index (χ3n) is 7.38. The van der Waals surface area contributed by atoms with Crippen molar-refractivity contribution in [2.45, 2.75) is 52.0 Å². The van der Waals surface area contributed by atoms with Crippen molar-refractivity contribution in [2.75, 3.05) is 19.0 Å². The van der Waals surface area contributed by atoms with Gasteiger partial charge in [0, 0.05) is 18.3 Å². The molecule has 0 radical (unpaired) electrons. The van der Waals surface area contributed by atoms with Crippen LogP contribution in [0.3, 0.4) is 0 Å². The predicted octanol–water partition coefficient (Wildman–Crippen LogP) is 0.971. The first-order valence-electron chi connectivity index (χ1n) is 11.5. The maximum atomic E-state index is 13.0. The highest BCUT2D eigenvalue weighted by Gasteiger charge is 2.65. The fourth-order valence-electron chi connectivity index (χ4n) is 5.26. The molecule has 1 aromatic rings. The summed E-state index contributed by atoms with van der Waals surface area (Å²) in [6.07, 6.45) is 2.22. The number of carboxylic acid groups (broad SMARTS) is 1. The predicted molar refractivity (Wildman–Crippen MR) is 129 cm³/mol. The molecule has 0 spiro atoms. The molecule has 6 N–H and O–H groups in total. The third kappa shape index (κ3) is 6.04.